The van der Waals surface area contributed by atoms with Gasteiger partial charge in [-0.25, -0.2) is 4.98 Å². The van der Waals surface area contributed by atoms with E-state index < -0.39 is 0 Å². The number of nitrogens with one attached hydrogen (secondary N) is 1. The molecule has 0 aliphatic heterocycles. The molecule has 0 saturated carbocycles. The van der Waals surface area contributed by atoms with Gasteiger partial charge in [-0.2, -0.15) is 5.26 Å². The van der Waals surface area contributed by atoms with Crippen molar-refractivity contribution in [3.8, 4) is 11.8 Å². The average Bonchev–Trinajstić information content (AvgIpc) is 2.46. The van der Waals surface area contributed by atoms with E-state index in [9.17, 15) is 0 Å². The van der Waals surface area contributed by atoms with Crippen molar-refractivity contribution in [1.29, 1.82) is 5.26 Å². The molecule has 1 aromatic heterocycles. The van der Waals surface area contributed by atoms with Gasteiger partial charge in [-0.05, 0) is 26.0 Å². The van der Waals surface area contributed by atoms with E-state index in [4.69, 9.17) is 10.00 Å². The van der Waals surface area contributed by atoms with Crippen LogP contribution >= 0.6 is 0 Å². The Morgan fingerprint density at radius 2 is 2.10 bits per heavy atom. The van der Waals surface area contributed by atoms with Gasteiger partial charge in [-0.15, -0.1) is 0 Å². The molecule has 0 atom stereocenters. The maximum Gasteiger partial charge on any atom is 0.145 e. The highest BCUT2D eigenvalue weighted by Crippen LogP contribution is 2.23. The van der Waals surface area contributed by atoms with Gasteiger partial charge >= 0.3 is 0 Å². The van der Waals surface area contributed by atoms with Gasteiger partial charge in [0, 0.05) is 18.5 Å². The van der Waals surface area contributed by atoms with Gasteiger partial charge in [0.1, 0.15) is 11.3 Å². The molecular weight excluding hydrogens is 250 g/mol. The summed E-state index contributed by atoms with van der Waals surface area (Å²) in [6, 6.07) is 12.2. The van der Waals surface area contributed by atoms with Crippen LogP contribution in [0.5, 0.6) is 5.75 Å². The number of nitriles is 1. The SMILES string of the molecule is COc1cccc2ccc(CNCC(C)(C)C#N)nc12. The lowest BCUT2D eigenvalue weighted by Crippen LogP contribution is -2.27. The van der Waals surface area contributed by atoms with Crippen molar-refractivity contribution < 1.29 is 4.74 Å². The molecule has 0 radical (unpaired) electrons. The minimum atomic E-state index is -0.367. The molecule has 0 bridgehead atoms. The third-order valence-electron chi connectivity index (χ3n) is 3.14. The summed E-state index contributed by atoms with van der Waals surface area (Å²) in [6.45, 7) is 5.10. The Morgan fingerprint density at radius 1 is 1.30 bits per heavy atom. The summed E-state index contributed by atoms with van der Waals surface area (Å²) < 4.78 is 5.33. The van der Waals surface area contributed by atoms with Crippen LogP contribution in [0.4, 0.5) is 0 Å². The fourth-order valence-corrected chi connectivity index (χ4v) is 1.97. The highest BCUT2D eigenvalue weighted by molar-refractivity contribution is 5.84. The second kappa shape index (κ2) is 5.89. The number of aromatic nitrogens is 1. The van der Waals surface area contributed by atoms with E-state index in [1.165, 1.54) is 0 Å². The summed E-state index contributed by atoms with van der Waals surface area (Å²) in [5.74, 6) is 0.779. The Balaban J connectivity index is 2.14. The first-order valence-corrected chi connectivity index (χ1v) is 6.60. The van der Waals surface area contributed by atoms with E-state index in [-0.39, 0.29) is 5.41 Å². The van der Waals surface area contributed by atoms with E-state index in [1.54, 1.807) is 7.11 Å². The first-order chi connectivity index (χ1) is 9.55. The van der Waals surface area contributed by atoms with E-state index in [2.05, 4.69) is 16.4 Å². The van der Waals surface area contributed by atoms with Crippen LogP contribution in [0.3, 0.4) is 0 Å². The number of nitrogens with zero attached hydrogens (tertiary/aromatic N) is 2. The number of benzene rings is 1. The molecule has 0 amide bonds. The van der Waals surface area contributed by atoms with Gasteiger partial charge in [-0.1, -0.05) is 18.2 Å². The number of rotatable bonds is 5. The zero-order valence-corrected chi connectivity index (χ0v) is 12.1. The molecular formula is C16H19N3O. The summed E-state index contributed by atoms with van der Waals surface area (Å²) in [7, 11) is 1.65. The molecule has 0 unspecified atom stereocenters. The molecule has 0 saturated heterocycles. The molecule has 2 rings (SSSR count). The molecule has 2 aromatic rings. The standard InChI is InChI=1S/C16H19N3O/c1-16(2,10-17)11-18-9-13-8-7-12-5-4-6-14(20-3)15(12)19-13/h4-8,18H,9,11H2,1-3H3. The summed E-state index contributed by atoms with van der Waals surface area (Å²) >= 11 is 0. The van der Waals surface area contributed by atoms with Gasteiger partial charge in [-0.3, -0.25) is 0 Å². The Labute approximate surface area is 119 Å². The predicted molar refractivity (Wildman–Crippen MR) is 79.4 cm³/mol. The van der Waals surface area contributed by atoms with E-state index in [0.29, 0.717) is 13.1 Å². The van der Waals surface area contributed by atoms with Crippen LogP contribution in [0.2, 0.25) is 0 Å². The molecule has 4 heteroatoms. The van der Waals surface area contributed by atoms with Gasteiger partial charge < -0.3 is 10.1 Å². The Hall–Kier alpha value is -2.12. The Kier molecular flexibility index (Phi) is 4.21. The first kappa shape index (κ1) is 14.3. The van der Waals surface area contributed by atoms with Crippen molar-refractivity contribution in [2.45, 2.75) is 20.4 Å². The molecule has 20 heavy (non-hydrogen) atoms. The Bertz CT molecular complexity index is 644. The van der Waals surface area contributed by atoms with Crippen molar-refractivity contribution in [3.05, 3.63) is 36.0 Å². The quantitative estimate of drug-likeness (QED) is 0.906. The highest BCUT2D eigenvalue weighted by Gasteiger charge is 2.15. The third kappa shape index (κ3) is 3.25. The van der Waals surface area contributed by atoms with Crippen LogP contribution in [0.25, 0.3) is 10.9 Å². The lowest BCUT2D eigenvalue weighted by molar-refractivity contribution is 0.418. The predicted octanol–water partition coefficient (Wildman–Crippen LogP) is 2.88. The number of fused-ring (bicyclic) bond motifs is 1. The smallest absolute Gasteiger partial charge is 0.145 e. The van der Waals surface area contributed by atoms with Crippen LogP contribution in [0.1, 0.15) is 19.5 Å². The maximum atomic E-state index is 8.98. The van der Waals surface area contributed by atoms with Crippen molar-refractivity contribution >= 4 is 10.9 Å². The molecule has 1 aromatic carbocycles. The minimum Gasteiger partial charge on any atom is -0.494 e. The molecule has 104 valence electrons. The average molecular weight is 269 g/mol. The van der Waals surface area contributed by atoms with E-state index in [1.807, 2.05) is 44.2 Å². The second-order valence-corrected chi connectivity index (χ2v) is 5.43. The highest BCUT2D eigenvalue weighted by atomic mass is 16.5. The van der Waals surface area contributed by atoms with Crippen LogP contribution in [-0.2, 0) is 6.54 Å². The van der Waals surface area contributed by atoms with E-state index in [0.717, 1.165) is 22.3 Å². The number of methoxy groups -OCH3 is 1. The summed E-state index contributed by atoms with van der Waals surface area (Å²) in [5.41, 5.74) is 1.44. The lowest BCUT2D eigenvalue weighted by Gasteiger charge is -2.15. The molecule has 0 aliphatic rings. The zero-order chi connectivity index (χ0) is 14.6. The molecule has 1 N–H and O–H groups in total. The normalized spacial score (nSPS) is 11.3. The number of hydrogen-bond acceptors (Lipinski definition) is 4. The van der Waals surface area contributed by atoms with Crippen LogP contribution in [0, 0.1) is 16.7 Å². The molecule has 4 nitrogen and oxygen atoms in total. The van der Waals surface area contributed by atoms with E-state index >= 15 is 0 Å². The Morgan fingerprint density at radius 3 is 2.80 bits per heavy atom. The van der Waals surface area contributed by atoms with Crippen molar-refractivity contribution in [2.75, 3.05) is 13.7 Å². The topological polar surface area (TPSA) is 57.9 Å². The largest absolute Gasteiger partial charge is 0.494 e. The maximum absolute atomic E-state index is 8.98. The number of hydrogen-bond donors (Lipinski definition) is 1. The third-order valence-corrected chi connectivity index (χ3v) is 3.14. The summed E-state index contributed by atoms with van der Waals surface area (Å²) in [6.07, 6.45) is 0. The number of para-hydroxylation sites is 1. The van der Waals surface area contributed by atoms with Gasteiger partial charge in [0.2, 0.25) is 0 Å². The van der Waals surface area contributed by atoms with Gasteiger partial charge in [0.05, 0.1) is 24.3 Å². The van der Waals surface area contributed by atoms with Crippen LogP contribution in [0.15, 0.2) is 30.3 Å². The molecule has 0 aliphatic carbocycles. The second-order valence-electron chi connectivity index (χ2n) is 5.43. The van der Waals surface area contributed by atoms with Crippen molar-refractivity contribution in [2.24, 2.45) is 5.41 Å². The molecule has 0 fully saturated rings. The number of pyridine rings is 1. The lowest BCUT2D eigenvalue weighted by atomic mass is 9.96. The minimum absolute atomic E-state index is 0.367. The fraction of sp³-hybridized carbons (Fsp3) is 0.375. The van der Waals surface area contributed by atoms with Gasteiger partial charge in [0.25, 0.3) is 0 Å². The van der Waals surface area contributed by atoms with Crippen LogP contribution in [-0.4, -0.2) is 18.6 Å². The monoisotopic (exact) mass is 269 g/mol. The molecule has 0 spiro atoms. The summed E-state index contributed by atoms with van der Waals surface area (Å²) in [5, 5.41) is 13.3. The summed E-state index contributed by atoms with van der Waals surface area (Å²) in [4.78, 5) is 4.62. The van der Waals surface area contributed by atoms with Crippen molar-refractivity contribution in [3.63, 3.8) is 0 Å². The fourth-order valence-electron chi connectivity index (χ4n) is 1.97. The number of ether oxygens (including phenoxy) is 1. The van der Waals surface area contributed by atoms with Gasteiger partial charge in [0.15, 0.2) is 0 Å². The first-order valence-electron chi connectivity index (χ1n) is 6.60. The van der Waals surface area contributed by atoms with Crippen LogP contribution < -0.4 is 10.1 Å². The zero-order valence-electron chi connectivity index (χ0n) is 12.1. The molecule has 1 heterocycles. The van der Waals surface area contributed by atoms with Crippen molar-refractivity contribution in [1.82, 2.24) is 10.3 Å².